The lowest BCUT2D eigenvalue weighted by atomic mass is 9.95. The fourth-order valence-electron chi connectivity index (χ4n) is 5.74. The van der Waals surface area contributed by atoms with Gasteiger partial charge in [0.15, 0.2) is 4.34 Å². The molecule has 1 saturated heterocycles. The summed E-state index contributed by atoms with van der Waals surface area (Å²) in [6.45, 7) is 2.75. The molecule has 1 aliphatic heterocycles. The number of rotatable bonds is 12. The number of anilines is 1. The first-order valence-electron chi connectivity index (χ1n) is 16.4. The summed E-state index contributed by atoms with van der Waals surface area (Å²) in [5.74, 6) is -0.894. The number of halogens is 1. The Kier molecular flexibility index (Phi) is 10.4. The summed E-state index contributed by atoms with van der Waals surface area (Å²) in [7, 11) is 0. The van der Waals surface area contributed by atoms with E-state index in [0.717, 1.165) is 28.0 Å². The highest BCUT2D eigenvalue weighted by Gasteiger charge is 2.48. The Morgan fingerprint density at radius 2 is 1.42 bits per heavy atom. The number of ketones is 1. The number of amides is 1. The fourth-order valence-corrected chi connectivity index (χ4v) is 7.60. The maximum Gasteiger partial charge on any atom is 0.301 e. The molecule has 2 heterocycles. The second kappa shape index (κ2) is 15.6. The number of nitrogens with zero attached hydrogens (tertiary/aromatic N) is 3. The van der Waals surface area contributed by atoms with Crippen LogP contribution in [0.1, 0.15) is 39.4 Å². The Morgan fingerprint density at radius 1 is 0.788 bits per heavy atom. The summed E-state index contributed by atoms with van der Waals surface area (Å²) in [5, 5.41) is 20.4. The molecule has 260 valence electrons. The number of carbonyl (C=O) groups excluding carboxylic acids is 2. The summed E-state index contributed by atoms with van der Waals surface area (Å²) in [6, 6.07) is 36.9. The predicted octanol–water partition coefficient (Wildman–Crippen LogP) is 9.06. The summed E-state index contributed by atoms with van der Waals surface area (Å²) in [5.41, 5.74) is 4.49. The zero-order chi connectivity index (χ0) is 36.0. The van der Waals surface area contributed by atoms with Crippen molar-refractivity contribution in [1.29, 1.82) is 0 Å². The van der Waals surface area contributed by atoms with E-state index in [-0.39, 0.29) is 22.3 Å². The molecule has 7 rings (SSSR count). The Balaban J connectivity index is 1.18. The lowest BCUT2D eigenvalue weighted by Crippen LogP contribution is -2.29. The van der Waals surface area contributed by atoms with E-state index in [1.807, 2.05) is 61.5 Å². The Labute approximate surface area is 308 Å². The zero-order valence-corrected chi connectivity index (χ0v) is 29.6. The molecule has 0 saturated carbocycles. The van der Waals surface area contributed by atoms with Gasteiger partial charge in [-0.15, -0.1) is 10.2 Å². The largest absolute Gasteiger partial charge is 0.507 e. The Bertz CT molecular complexity index is 2240. The van der Waals surface area contributed by atoms with Crippen molar-refractivity contribution in [2.45, 2.75) is 36.3 Å². The lowest BCUT2D eigenvalue weighted by molar-refractivity contribution is -0.132. The molecule has 1 amide bonds. The predicted molar refractivity (Wildman–Crippen MR) is 200 cm³/mol. The van der Waals surface area contributed by atoms with Crippen LogP contribution in [0.2, 0.25) is 0 Å². The third-order valence-electron chi connectivity index (χ3n) is 8.58. The molecule has 52 heavy (non-hydrogen) atoms. The van der Waals surface area contributed by atoms with Crippen molar-refractivity contribution in [1.82, 2.24) is 10.2 Å². The summed E-state index contributed by atoms with van der Waals surface area (Å²) in [4.78, 5) is 28.8. The molecule has 1 fully saturated rings. The van der Waals surface area contributed by atoms with E-state index in [4.69, 9.17) is 9.47 Å². The van der Waals surface area contributed by atoms with Gasteiger partial charge < -0.3 is 14.6 Å². The van der Waals surface area contributed by atoms with Crippen molar-refractivity contribution < 1.29 is 28.6 Å². The fraction of sp³-hybridized carbons (Fsp3) is 0.122. The third kappa shape index (κ3) is 7.60. The number of aliphatic hydroxyl groups excluding tert-OH is 1. The number of thioether (sulfide) groups is 1. The van der Waals surface area contributed by atoms with E-state index in [2.05, 4.69) is 10.2 Å². The van der Waals surface area contributed by atoms with Crippen molar-refractivity contribution in [2.24, 2.45) is 0 Å². The van der Waals surface area contributed by atoms with Crippen LogP contribution in [0.5, 0.6) is 11.5 Å². The second-order valence-electron chi connectivity index (χ2n) is 12.0. The van der Waals surface area contributed by atoms with Gasteiger partial charge in [0.1, 0.15) is 36.3 Å². The zero-order valence-electron chi connectivity index (χ0n) is 27.9. The Morgan fingerprint density at radius 3 is 2.13 bits per heavy atom. The quantitative estimate of drug-likeness (QED) is 0.0438. The van der Waals surface area contributed by atoms with Crippen molar-refractivity contribution >= 4 is 45.7 Å². The van der Waals surface area contributed by atoms with Gasteiger partial charge in [-0.05, 0) is 77.2 Å². The van der Waals surface area contributed by atoms with Gasteiger partial charge >= 0.3 is 5.91 Å². The van der Waals surface area contributed by atoms with Crippen LogP contribution in [-0.2, 0) is 28.6 Å². The average molecular weight is 730 g/mol. The van der Waals surface area contributed by atoms with Crippen molar-refractivity contribution in [3.8, 4) is 11.5 Å². The number of carbonyl (C=O) groups is 2. The minimum Gasteiger partial charge on any atom is -0.507 e. The smallest absolute Gasteiger partial charge is 0.301 e. The topological polar surface area (TPSA) is 102 Å². The van der Waals surface area contributed by atoms with Crippen LogP contribution in [0.25, 0.3) is 5.76 Å². The molecular formula is C41H32FN3O5S2. The number of aromatic nitrogens is 2. The molecule has 0 spiro atoms. The molecule has 8 nitrogen and oxygen atoms in total. The van der Waals surface area contributed by atoms with Gasteiger partial charge in [-0.25, -0.2) is 4.39 Å². The number of aryl methyl sites for hydroxylation is 1. The monoisotopic (exact) mass is 729 g/mol. The van der Waals surface area contributed by atoms with Gasteiger partial charge in [0, 0.05) is 11.3 Å². The number of Topliss-reactive ketones (excluding diaryl/α,β-unsaturated/α-hetero) is 1. The highest BCUT2D eigenvalue weighted by Crippen LogP contribution is 2.44. The van der Waals surface area contributed by atoms with Crippen LogP contribution in [0, 0.1) is 12.7 Å². The normalized spacial score (nSPS) is 15.2. The molecule has 0 radical (unpaired) electrons. The van der Waals surface area contributed by atoms with Crippen LogP contribution in [0.15, 0.2) is 137 Å². The Hall–Kier alpha value is -5.78. The van der Waals surface area contributed by atoms with E-state index in [9.17, 15) is 19.1 Å². The maximum absolute atomic E-state index is 14.3. The molecule has 11 heteroatoms. The number of benzene rings is 5. The molecule has 0 aliphatic carbocycles. The molecule has 5 aromatic carbocycles. The molecular weight excluding hydrogens is 698 g/mol. The lowest BCUT2D eigenvalue weighted by Gasteiger charge is -2.22. The SMILES string of the molecule is Cc1ccccc1COc1ccc(C(O)=C2C(=O)C(=O)N(c3nnc(SCc4ccccc4F)s3)C2c2ccc(OCc3ccccc3)cc2)cc1. The molecule has 1 aliphatic rings. The van der Waals surface area contributed by atoms with Gasteiger partial charge in [-0.1, -0.05) is 108 Å². The highest BCUT2D eigenvalue weighted by atomic mass is 32.2. The number of ether oxygens (including phenoxy) is 2. The van der Waals surface area contributed by atoms with Crippen LogP contribution >= 0.6 is 23.1 Å². The molecule has 1 atom stereocenters. The molecule has 1 unspecified atom stereocenters. The van der Waals surface area contributed by atoms with E-state index in [1.165, 1.54) is 22.7 Å². The number of hydrogen-bond acceptors (Lipinski definition) is 9. The summed E-state index contributed by atoms with van der Waals surface area (Å²) in [6.07, 6.45) is 0. The van der Waals surface area contributed by atoms with Gasteiger partial charge in [0.05, 0.1) is 11.6 Å². The van der Waals surface area contributed by atoms with Gasteiger partial charge in [0.25, 0.3) is 5.78 Å². The van der Waals surface area contributed by atoms with Crippen molar-refractivity contribution in [3.63, 3.8) is 0 Å². The number of hydrogen-bond donors (Lipinski definition) is 1. The third-order valence-corrected chi connectivity index (χ3v) is 10.7. The van der Waals surface area contributed by atoms with Crippen LogP contribution in [-0.4, -0.2) is 27.0 Å². The van der Waals surface area contributed by atoms with E-state index < -0.39 is 17.7 Å². The number of aliphatic hydroxyl groups is 1. The highest BCUT2D eigenvalue weighted by molar-refractivity contribution is 8.00. The van der Waals surface area contributed by atoms with E-state index in [0.29, 0.717) is 51.5 Å². The van der Waals surface area contributed by atoms with Gasteiger partial charge in [-0.3, -0.25) is 14.5 Å². The summed E-state index contributed by atoms with van der Waals surface area (Å²) >= 11 is 2.38. The molecule has 0 bridgehead atoms. The van der Waals surface area contributed by atoms with Crippen molar-refractivity contribution in [3.05, 3.63) is 172 Å². The standard InChI is InChI=1S/C41H32FN3O5S2/c1-26-9-5-6-12-30(26)24-50-33-21-17-29(18-22-33)37(46)35-36(28-15-19-32(20-16-28)49-23-27-10-3-2-4-11-27)45(39(48)38(35)47)40-43-44-41(52-40)51-25-31-13-7-8-14-34(31)42/h2-22,36,46H,23-25H2,1H3. The van der Waals surface area contributed by atoms with Gasteiger partial charge in [0.2, 0.25) is 5.13 Å². The van der Waals surface area contributed by atoms with Crippen LogP contribution in [0.3, 0.4) is 0 Å². The average Bonchev–Trinajstić information content (AvgIpc) is 3.75. The van der Waals surface area contributed by atoms with Gasteiger partial charge in [-0.2, -0.15) is 0 Å². The molecule has 6 aromatic rings. The maximum atomic E-state index is 14.3. The second-order valence-corrected chi connectivity index (χ2v) is 14.2. The van der Waals surface area contributed by atoms with Crippen LogP contribution in [0.4, 0.5) is 9.52 Å². The summed E-state index contributed by atoms with van der Waals surface area (Å²) < 4.78 is 26.7. The molecule has 1 aromatic heterocycles. The first-order chi connectivity index (χ1) is 25.4. The van der Waals surface area contributed by atoms with Crippen LogP contribution < -0.4 is 14.4 Å². The first kappa shape index (κ1) is 34.7. The van der Waals surface area contributed by atoms with E-state index >= 15 is 0 Å². The first-order valence-corrected chi connectivity index (χ1v) is 18.2. The van der Waals surface area contributed by atoms with E-state index in [1.54, 1.807) is 66.7 Å². The molecule has 1 N–H and O–H groups in total. The minimum atomic E-state index is -1.02. The minimum absolute atomic E-state index is 0.0905. The van der Waals surface area contributed by atoms with Crippen molar-refractivity contribution in [2.75, 3.05) is 4.90 Å².